The standard InChI is InChI=1S/C14H19NSi/c1-13(7-6-10-16(2,3)4)11-14-8-5-9-15-12-14/h5,8-9,11-12H,7H2,1-4H3/b13-11+. The lowest BCUT2D eigenvalue weighted by Gasteiger charge is -2.03. The fourth-order valence-corrected chi connectivity index (χ4v) is 1.86. The minimum Gasteiger partial charge on any atom is -0.264 e. The van der Waals surface area contributed by atoms with E-state index in [2.05, 4.69) is 55.2 Å². The van der Waals surface area contributed by atoms with Gasteiger partial charge in [0.25, 0.3) is 0 Å². The molecule has 0 amide bonds. The summed E-state index contributed by atoms with van der Waals surface area (Å²) in [5, 5.41) is 0. The topological polar surface area (TPSA) is 12.9 Å². The summed E-state index contributed by atoms with van der Waals surface area (Å²) in [6.45, 7) is 8.91. The van der Waals surface area contributed by atoms with E-state index in [9.17, 15) is 0 Å². The SMILES string of the molecule is C/C(=C\c1cccnc1)CC#C[Si](C)(C)C. The Balaban J connectivity index is 2.62. The quantitative estimate of drug-likeness (QED) is 0.556. The highest BCUT2D eigenvalue weighted by Gasteiger charge is 2.06. The first-order valence-electron chi connectivity index (χ1n) is 5.54. The molecule has 16 heavy (non-hydrogen) atoms. The zero-order valence-corrected chi connectivity index (χ0v) is 11.5. The van der Waals surface area contributed by atoms with Gasteiger partial charge in [-0.15, -0.1) is 11.5 Å². The second-order valence-corrected chi connectivity index (χ2v) is 9.76. The molecule has 0 fully saturated rings. The van der Waals surface area contributed by atoms with Crippen LogP contribution in [0.25, 0.3) is 6.08 Å². The third kappa shape index (κ3) is 5.52. The number of rotatable bonds is 2. The van der Waals surface area contributed by atoms with Crippen LogP contribution in [-0.4, -0.2) is 13.1 Å². The van der Waals surface area contributed by atoms with Gasteiger partial charge in [-0.1, -0.05) is 37.4 Å². The molecule has 0 bridgehead atoms. The van der Waals surface area contributed by atoms with Crippen molar-refractivity contribution in [1.29, 1.82) is 0 Å². The molecule has 0 spiro atoms. The van der Waals surface area contributed by atoms with Crippen LogP contribution in [0.4, 0.5) is 0 Å². The van der Waals surface area contributed by atoms with Crippen LogP contribution in [0, 0.1) is 11.5 Å². The Morgan fingerprint density at radius 1 is 1.44 bits per heavy atom. The molecule has 1 nitrogen and oxygen atoms in total. The van der Waals surface area contributed by atoms with Gasteiger partial charge in [0.1, 0.15) is 8.07 Å². The predicted octanol–water partition coefficient (Wildman–Crippen LogP) is 3.76. The van der Waals surface area contributed by atoms with Gasteiger partial charge < -0.3 is 0 Å². The first-order chi connectivity index (χ1) is 7.47. The normalized spacial score (nSPS) is 11.9. The third-order valence-corrected chi connectivity index (χ3v) is 2.85. The highest BCUT2D eigenvalue weighted by atomic mass is 28.3. The van der Waals surface area contributed by atoms with Crippen LogP contribution in [0.15, 0.2) is 30.1 Å². The van der Waals surface area contributed by atoms with Crippen molar-refractivity contribution in [1.82, 2.24) is 4.98 Å². The third-order valence-electron chi connectivity index (χ3n) is 1.93. The number of allylic oxidation sites excluding steroid dienone is 1. The molecule has 0 aromatic carbocycles. The van der Waals surface area contributed by atoms with E-state index in [0.29, 0.717) is 0 Å². The van der Waals surface area contributed by atoms with E-state index >= 15 is 0 Å². The fourth-order valence-electron chi connectivity index (χ4n) is 1.25. The summed E-state index contributed by atoms with van der Waals surface area (Å²) in [5.41, 5.74) is 5.81. The zero-order chi connectivity index (χ0) is 12.0. The summed E-state index contributed by atoms with van der Waals surface area (Å²) in [4.78, 5) is 4.08. The highest BCUT2D eigenvalue weighted by Crippen LogP contribution is 2.07. The van der Waals surface area contributed by atoms with Gasteiger partial charge >= 0.3 is 0 Å². The zero-order valence-electron chi connectivity index (χ0n) is 10.5. The van der Waals surface area contributed by atoms with Gasteiger partial charge in [0.2, 0.25) is 0 Å². The maximum atomic E-state index is 4.08. The van der Waals surface area contributed by atoms with Crippen LogP contribution in [0.3, 0.4) is 0 Å². The molecule has 0 atom stereocenters. The molecule has 1 aromatic rings. The van der Waals surface area contributed by atoms with Crippen molar-refractivity contribution in [3.63, 3.8) is 0 Å². The minimum absolute atomic E-state index is 0.860. The molecule has 0 aliphatic carbocycles. The van der Waals surface area contributed by atoms with Crippen molar-refractivity contribution >= 4 is 14.1 Å². The van der Waals surface area contributed by atoms with Crippen LogP contribution in [-0.2, 0) is 0 Å². The van der Waals surface area contributed by atoms with Crippen LogP contribution in [0.5, 0.6) is 0 Å². The van der Waals surface area contributed by atoms with Crippen LogP contribution < -0.4 is 0 Å². The number of hydrogen-bond donors (Lipinski definition) is 0. The number of aromatic nitrogens is 1. The summed E-state index contributed by atoms with van der Waals surface area (Å²) in [6.07, 6.45) is 6.66. The molecule has 2 heteroatoms. The molecule has 0 unspecified atom stereocenters. The number of nitrogens with zero attached hydrogens (tertiary/aromatic N) is 1. The maximum absolute atomic E-state index is 4.08. The average molecular weight is 229 g/mol. The fraction of sp³-hybridized carbons (Fsp3) is 0.357. The van der Waals surface area contributed by atoms with Gasteiger partial charge in [-0.2, -0.15) is 0 Å². The van der Waals surface area contributed by atoms with Crippen molar-refractivity contribution in [3.05, 3.63) is 35.7 Å². The smallest absolute Gasteiger partial charge is 0.129 e. The monoisotopic (exact) mass is 229 g/mol. The van der Waals surface area contributed by atoms with Gasteiger partial charge in [-0.3, -0.25) is 4.98 Å². The Morgan fingerprint density at radius 2 is 2.19 bits per heavy atom. The Kier molecular flexibility index (Phi) is 4.51. The van der Waals surface area contributed by atoms with Crippen molar-refractivity contribution in [2.24, 2.45) is 0 Å². The molecule has 0 radical (unpaired) electrons. The second-order valence-electron chi connectivity index (χ2n) is 5.01. The lowest BCUT2D eigenvalue weighted by Crippen LogP contribution is -2.16. The lowest BCUT2D eigenvalue weighted by atomic mass is 10.1. The van der Waals surface area contributed by atoms with E-state index < -0.39 is 8.07 Å². The van der Waals surface area contributed by atoms with E-state index in [1.165, 1.54) is 5.57 Å². The van der Waals surface area contributed by atoms with E-state index in [0.717, 1.165) is 12.0 Å². The molecular formula is C14H19NSi. The van der Waals surface area contributed by atoms with Crippen molar-refractivity contribution in [2.45, 2.75) is 33.0 Å². The average Bonchev–Trinajstić information content (AvgIpc) is 2.17. The molecule has 0 aliphatic heterocycles. The van der Waals surface area contributed by atoms with Crippen LogP contribution in [0.2, 0.25) is 19.6 Å². The summed E-state index contributed by atoms with van der Waals surface area (Å²) in [6, 6.07) is 4.01. The summed E-state index contributed by atoms with van der Waals surface area (Å²) in [7, 11) is -1.22. The van der Waals surface area contributed by atoms with E-state index in [1.807, 2.05) is 12.3 Å². The van der Waals surface area contributed by atoms with Gasteiger partial charge in [0, 0.05) is 18.8 Å². The Bertz CT molecular complexity index is 416. The van der Waals surface area contributed by atoms with E-state index in [-0.39, 0.29) is 0 Å². The van der Waals surface area contributed by atoms with Gasteiger partial charge in [0.05, 0.1) is 0 Å². The molecule has 0 aliphatic rings. The Morgan fingerprint density at radius 3 is 2.75 bits per heavy atom. The van der Waals surface area contributed by atoms with Crippen molar-refractivity contribution < 1.29 is 0 Å². The van der Waals surface area contributed by atoms with Gasteiger partial charge in [-0.05, 0) is 18.6 Å². The largest absolute Gasteiger partial charge is 0.264 e. The van der Waals surface area contributed by atoms with E-state index in [1.54, 1.807) is 6.20 Å². The minimum atomic E-state index is -1.22. The summed E-state index contributed by atoms with van der Waals surface area (Å²) >= 11 is 0. The van der Waals surface area contributed by atoms with E-state index in [4.69, 9.17) is 0 Å². The second kappa shape index (κ2) is 5.67. The summed E-state index contributed by atoms with van der Waals surface area (Å²) < 4.78 is 0. The highest BCUT2D eigenvalue weighted by molar-refractivity contribution is 6.83. The Labute approximate surface area is 99.6 Å². The molecule has 0 saturated carbocycles. The van der Waals surface area contributed by atoms with Crippen molar-refractivity contribution in [3.8, 4) is 11.5 Å². The van der Waals surface area contributed by atoms with Gasteiger partial charge in [-0.25, -0.2) is 0 Å². The predicted molar refractivity (Wildman–Crippen MR) is 73.6 cm³/mol. The van der Waals surface area contributed by atoms with Crippen LogP contribution >= 0.6 is 0 Å². The number of hydrogen-bond acceptors (Lipinski definition) is 1. The molecular weight excluding hydrogens is 210 g/mol. The van der Waals surface area contributed by atoms with Crippen molar-refractivity contribution in [2.75, 3.05) is 0 Å². The molecule has 1 aromatic heterocycles. The van der Waals surface area contributed by atoms with Crippen LogP contribution in [0.1, 0.15) is 18.9 Å². The maximum Gasteiger partial charge on any atom is 0.129 e. The first-order valence-corrected chi connectivity index (χ1v) is 9.04. The molecule has 84 valence electrons. The Hall–Kier alpha value is -1.33. The molecule has 0 N–H and O–H groups in total. The summed E-state index contributed by atoms with van der Waals surface area (Å²) in [5.74, 6) is 3.27. The number of pyridine rings is 1. The van der Waals surface area contributed by atoms with Gasteiger partial charge in [0.15, 0.2) is 0 Å². The lowest BCUT2D eigenvalue weighted by molar-refractivity contribution is 1.26. The first kappa shape index (κ1) is 12.7. The molecule has 1 heterocycles. The molecule has 0 saturated heterocycles. The molecule has 1 rings (SSSR count).